The minimum Gasteiger partial charge on any atom is -0.495 e. The molecule has 0 spiro atoms. The Hall–Kier alpha value is -2.04. The number of hydrogen-bond donors (Lipinski definition) is 1. The highest BCUT2D eigenvalue weighted by atomic mass is 127. The topological polar surface area (TPSA) is 70.8 Å². The first kappa shape index (κ1) is 22.6. The van der Waals surface area contributed by atoms with Crippen molar-refractivity contribution in [3.63, 3.8) is 0 Å². The molecule has 9 heteroatoms. The lowest BCUT2D eigenvalue weighted by atomic mass is 10.2. The minimum atomic E-state index is 0. The molecule has 0 saturated carbocycles. The molecule has 1 fully saturated rings. The van der Waals surface area contributed by atoms with E-state index in [1.54, 1.807) is 7.11 Å². The number of nitrogens with one attached hydrogen (secondary N) is 1. The molecule has 0 amide bonds. The van der Waals surface area contributed by atoms with Crippen LogP contribution in [0.2, 0.25) is 0 Å². The number of fused-ring (bicyclic) bond motifs is 1. The number of aromatic nitrogens is 3. The minimum absolute atomic E-state index is 0. The van der Waals surface area contributed by atoms with Gasteiger partial charge >= 0.3 is 0 Å². The van der Waals surface area contributed by atoms with Crippen molar-refractivity contribution in [3.05, 3.63) is 35.9 Å². The van der Waals surface area contributed by atoms with Crippen molar-refractivity contribution in [2.45, 2.75) is 38.8 Å². The van der Waals surface area contributed by atoms with E-state index in [0.29, 0.717) is 6.54 Å². The Balaban J connectivity index is 0.00000256. The summed E-state index contributed by atoms with van der Waals surface area (Å²) >= 11 is 0. The maximum Gasteiger partial charge on any atom is 0.194 e. The summed E-state index contributed by atoms with van der Waals surface area (Å²) in [5, 5.41) is 12.3. The molecular formula is C21H32IN7O. The van der Waals surface area contributed by atoms with E-state index >= 15 is 0 Å². The molecule has 3 heterocycles. The van der Waals surface area contributed by atoms with Crippen LogP contribution < -0.4 is 15.0 Å². The highest BCUT2D eigenvalue weighted by Crippen LogP contribution is 2.28. The van der Waals surface area contributed by atoms with Crippen LogP contribution in [0, 0.1) is 0 Å². The maximum absolute atomic E-state index is 5.52. The van der Waals surface area contributed by atoms with Gasteiger partial charge in [-0.3, -0.25) is 4.99 Å². The van der Waals surface area contributed by atoms with Gasteiger partial charge in [-0.05, 0) is 25.0 Å². The van der Waals surface area contributed by atoms with Crippen LogP contribution in [-0.2, 0) is 19.5 Å². The van der Waals surface area contributed by atoms with Crippen molar-refractivity contribution in [2.75, 3.05) is 45.2 Å². The highest BCUT2D eigenvalue weighted by Gasteiger charge is 2.22. The normalized spacial score (nSPS) is 17.1. The van der Waals surface area contributed by atoms with E-state index in [0.717, 1.165) is 68.2 Å². The molecule has 1 saturated heterocycles. The second kappa shape index (κ2) is 10.8. The molecule has 0 radical (unpaired) electrons. The average Bonchev–Trinajstić information content (AvgIpc) is 3.00. The second-order valence-corrected chi connectivity index (χ2v) is 7.54. The van der Waals surface area contributed by atoms with Gasteiger partial charge in [0.15, 0.2) is 11.8 Å². The highest BCUT2D eigenvalue weighted by molar-refractivity contribution is 14.0. The molecule has 8 nitrogen and oxygen atoms in total. The van der Waals surface area contributed by atoms with E-state index in [-0.39, 0.29) is 24.0 Å². The molecule has 1 aromatic carbocycles. The van der Waals surface area contributed by atoms with Gasteiger partial charge in [0.1, 0.15) is 11.6 Å². The van der Waals surface area contributed by atoms with Gasteiger partial charge in [-0.25, -0.2) is 0 Å². The molecule has 30 heavy (non-hydrogen) atoms. The number of ether oxygens (including phenoxy) is 1. The van der Waals surface area contributed by atoms with Gasteiger partial charge in [0.25, 0.3) is 0 Å². The van der Waals surface area contributed by atoms with Crippen LogP contribution in [0.15, 0.2) is 29.3 Å². The third-order valence-corrected chi connectivity index (χ3v) is 5.81. The van der Waals surface area contributed by atoms with Crippen LogP contribution in [0.4, 0.5) is 5.69 Å². The lowest BCUT2D eigenvalue weighted by Gasteiger charge is -2.38. The zero-order chi connectivity index (χ0) is 20.1. The molecule has 2 aliphatic rings. The van der Waals surface area contributed by atoms with E-state index in [9.17, 15) is 0 Å². The van der Waals surface area contributed by atoms with E-state index in [1.807, 2.05) is 19.2 Å². The molecule has 4 rings (SSSR count). The van der Waals surface area contributed by atoms with E-state index in [2.05, 4.69) is 47.0 Å². The summed E-state index contributed by atoms with van der Waals surface area (Å²) < 4.78 is 7.81. The SMILES string of the molecule is CN=C(NCc1nnc2n1CCCCC2)N1CCN(c2ccccc2OC)CC1.I. The first-order valence-electron chi connectivity index (χ1n) is 10.5. The molecule has 2 aliphatic heterocycles. The largest absolute Gasteiger partial charge is 0.495 e. The number of hydrogen-bond acceptors (Lipinski definition) is 5. The van der Waals surface area contributed by atoms with Gasteiger partial charge in [-0.1, -0.05) is 18.6 Å². The van der Waals surface area contributed by atoms with Crippen LogP contribution in [0.3, 0.4) is 0 Å². The Labute approximate surface area is 195 Å². The number of aliphatic imine (C=N–C) groups is 1. The first-order valence-corrected chi connectivity index (χ1v) is 10.5. The van der Waals surface area contributed by atoms with Crippen molar-refractivity contribution >= 4 is 35.6 Å². The number of para-hydroxylation sites is 2. The number of piperazine rings is 1. The Bertz CT molecular complexity index is 846. The number of guanidine groups is 1. The van der Waals surface area contributed by atoms with Crippen LogP contribution in [-0.4, -0.2) is 66.0 Å². The number of anilines is 1. The first-order chi connectivity index (χ1) is 14.3. The lowest BCUT2D eigenvalue weighted by molar-refractivity contribution is 0.366. The number of halogens is 1. The maximum atomic E-state index is 5.52. The van der Waals surface area contributed by atoms with Crippen molar-refractivity contribution in [2.24, 2.45) is 4.99 Å². The molecule has 1 N–H and O–H groups in total. The molecule has 1 aromatic heterocycles. The van der Waals surface area contributed by atoms with E-state index < -0.39 is 0 Å². The van der Waals surface area contributed by atoms with Crippen LogP contribution in [0.1, 0.15) is 30.9 Å². The third-order valence-electron chi connectivity index (χ3n) is 5.81. The summed E-state index contributed by atoms with van der Waals surface area (Å²) in [5.74, 6) is 3.99. The van der Waals surface area contributed by atoms with Gasteiger partial charge in [-0.15, -0.1) is 34.2 Å². The number of aryl methyl sites for hydroxylation is 1. The fourth-order valence-electron chi connectivity index (χ4n) is 4.22. The summed E-state index contributed by atoms with van der Waals surface area (Å²) in [4.78, 5) is 9.19. The van der Waals surface area contributed by atoms with Crippen LogP contribution in [0.5, 0.6) is 5.75 Å². The summed E-state index contributed by atoms with van der Waals surface area (Å²) in [5.41, 5.74) is 1.16. The molecule has 0 aliphatic carbocycles. The van der Waals surface area contributed by atoms with Crippen LogP contribution in [0.25, 0.3) is 0 Å². The van der Waals surface area contributed by atoms with Gasteiger partial charge in [0.05, 0.1) is 19.3 Å². The molecule has 2 aromatic rings. The lowest BCUT2D eigenvalue weighted by Crippen LogP contribution is -2.52. The Kier molecular flexibility index (Phi) is 8.17. The average molecular weight is 525 g/mol. The van der Waals surface area contributed by atoms with Gasteiger partial charge in [0, 0.05) is 46.2 Å². The number of rotatable bonds is 4. The summed E-state index contributed by atoms with van der Waals surface area (Å²) in [7, 11) is 3.57. The molecule has 0 atom stereocenters. The zero-order valence-electron chi connectivity index (χ0n) is 17.9. The fourth-order valence-corrected chi connectivity index (χ4v) is 4.22. The van der Waals surface area contributed by atoms with Crippen LogP contribution >= 0.6 is 24.0 Å². The van der Waals surface area contributed by atoms with Crippen molar-refractivity contribution < 1.29 is 4.74 Å². The Morgan fingerprint density at radius 3 is 2.63 bits per heavy atom. The number of nitrogens with zero attached hydrogens (tertiary/aromatic N) is 6. The molecule has 0 unspecified atom stereocenters. The standard InChI is InChI=1S/C21H31N7O.HI/c1-22-21(23-16-20-25-24-19-10-4-3-7-11-28(19)20)27-14-12-26(13-15-27)17-8-5-6-9-18(17)29-2;/h5-6,8-9H,3-4,7,10-16H2,1-2H3,(H,22,23);1H. The van der Waals surface area contributed by atoms with Gasteiger partial charge < -0.3 is 24.4 Å². The monoisotopic (exact) mass is 525 g/mol. The molecule has 164 valence electrons. The Morgan fingerprint density at radius 2 is 1.87 bits per heavy atom. The van der Waals surface area contributed by atoms with Gasteiger partial charge in [0.2, 0.25) is 0 Å². The zero-order valence-corrected chi connectivity index (χ0v) is 20.2. The van der Waals surface area contributed by atoms with E-state index in [4.69, 9.17) is 4.74 Å². The van der Waals surface area contributed by atoms with Crippen molar-refractivity contribution in [1.29, 1.82) is 0 Å². The quantitative estimate of drug-likeness (QED) is 0.376. The molecule has 0 bridgehead atoms. The third kappa shape index (κ3) is 4.98. The predicted octanol–water partition coefficient (Wildman–Crippen LogP) is 2.53. The van der Waals surface area contributed by atoms with Crippen molar-refractivity contribution in [3.8, 4) is 5.75 Å². The number of benzene rings is 1. The smallest absolute Gasteiger partial charge is 0.194 e. The predicted molar refractivity (Wildman–Crippen MR) is 130 cm³/mol. The van der Waals surface area contributed by atoms with Crippen molar-refractivity contribution in [1.82, 2.24) is 25.0 Å². The van der Waals surface area contributed by atoms with Gasteiger partial charge in [-0.2, -0.15) is 0 Å². The second-order valence-electron chi connectivity index (χ2n) is 7.54. The van der Waals surface area contributed by atoms with E-state index in [1.165, 1.54) is 19.3 Å². The Morgan fingerprint density at radius 1 is 1.07 bits per heavy atom. The molecular weight excluding hydrogens is 493 g/mol. The summed E-state index contributed by atoms with van der Waals surface area (Å²) in [6, 6.07) is 8.21. The fraction of sp³-hybridized carbons (Fsp3) is 0.571. The number of methoxy groups -OCH3 is 1. The summed E-state index contributed by atoms with van der Waals surface area (Å²) in [6.45, 7) is 5.37. The summed E-state index contributed by atoms with van der Waals surface area (Å²) in [6.07, 6.45) is 4.72.